The van der Waals surface area contributed by atoms with E-state index >= 15 is 0 Å². The molecule has 3 heterocycles. The Kier molecular flexibility index (Phi) is 5.74. The van der Waals surface area contributed by atoms with Crippen LogP contribution in [0.15, 0.2) is 73.2 Å². The molecule has 6 heteroatoms. The molecule has 1 aliphatic heterocycles. The van der Waals surface area contributed by atoms with Crippen molar-refractivity contribution >= 4 is 10.9 Å². The summed E-state index contributed by atoms with van der Waals surface area (Å²) < 4.78 is 10.1. The lowest BCUT2D eigenvalue weighted by molar-refractivity contribution is 0.154. The van der Waals surface area contributed by atoms with Crippen LogP contribution in [-0.2, 0) is 13.2 Å². The molecule has 1 fully saturated rings. The molecule has 31 heavy (non-hydrogen) atoms. The maximum absolute atomic E-state index is 9.52. The van der Waals surface area contributed by atoms with Crippen molar-refractivity contribution in [1.82, 2.24) is 19.2 Å². The number of aliphatic hydroxyl groups is 1. The Balaban J connectivity index is 1.26. The molecule has 5 rings (SSSR count). The van der Waals surface area contributed by atoms with E-state index in [9.17, 15) is 5.11 Å². The molecule has 1 atom stereocenters. The highest BCUT2D eigenvalue weighted by Crippen LogP contribution is 2.23. The van der Waals surface area contributed by atoms with Gasteiger partial charge in [-0.15, -0.1) is 0 Å². The number of fused-ring (bicyclic) bond motifs is 1. The minimum atomic E-state index is 0.247. The van der Waals surface area contributed by atoms with Crippen LogP contribution in [0, 0.1) is 0 Å². The van der Waals surface area contributed by atoms with E-state index in [1.807, 2.05) is 42.9 Å². The molecule has 0 bridgehead atoms. The lowest BCUT2D eigenvalue weighted by atomic mass is 10.2. The zero-order valence-electron chi connectivity index (χ0n) is 17.6. The molecule has 1 saturated heterocycles. The van der Waals surface area contributed by atoms with Crippen molar-refractivity contribution in [2.75, 3.05) is 19.7 Å². The smallest absolute Gasteiger partial charge is 0.137 e. The average molecular weight is 417 g/mol. The van der Waals surface area contributed by atoms with E-state index in [0.717, 1.165) is 54.0 Å². The van der Waals surface area contributed by atoms with Crippen LogP contribution in [0.1, 0.15) is 18.4 Å². The number of hydrogen-bond donors (Lipinski definition) is 1. The number of aliphatic hydroxyl groups excluding tert-OH is 1. The third-order valence-corrected chi connectivity index (χ3v) is 6.15. The normalized spacial score (nSPS) is 16.9. The molecular weight excluding hydrogens is 388 g/mol. The Hall–Kier alpha value is -3.09. The topological polar surface area (TPSA) is 55.5 Å². The van der Waals surface area contributed by atoms with Gasteiger partial charge in [-0.05, 0) is 49.2 Å². The van der Waals surface area contributed by atoms with E-state index in [0.29, 0.717) is 12.6 Å². The minimum absolute atomic E-state index is 0.247. The fourth-order valence-electron chi connectivity index (χ4n) is 4.40. The zero-order valence-corrected chi connectivity index (χ0v) is 17.6. The zero-order chi connectivity index (χ0) is 21.0. The standard InChI is InChI=1S/C25H28N4O2/c30-18-23-7-4-11-27(23)13-14-29-25-9-8-22(15-21(25)16-26-29)28-12-10-24(17-28)31-19-20-5-2-1-3-6-20/h1-3,5-6,8-10,12,15-17,23,30H,4,7,11,13-14,18-19H2. The number of likely N-dealkylation sites (tertiary alicyclic amines) is 1. The van der Waals surface area contributed by atoms with Gasteiger partial charge in [-0.2, -0.15) is 5.10 Å². The summed E-state index contributed by atoms with van der Waals surface area (Å²) in [5.74, 6) is 0.851. The number of rotatable bonds is 8. The van der Waals surface area contributed by atoms with Crippen molar-refractivity contribution in [3.63, 3.8) is 0 Å². The van der Waals surface area contributed by atoms with Gasteiger partial charge < -0.3 is 14.4 Å². The predicted molar refractivity (Wildman–Crippen MR) is 122 cm³/mol. The van der Waals surface area contributed by atoms with Crippen LogP contribution in [0.3, 0.4) is 0 Å². The molecule has 0 spiro atoms. The first-order valence-electron chi connectivity index (χ1n) is 11.0. The summed E-state index contributed by atoms with van der Waals surface area (Å²) in [7, 11) is 0. The molecule has 2 aromatic heterocycles. The number of nitrogens with zero attached hydrogens (tertiary/aromatic N) is 4. The predicted octanol–water partition coefficient (Wildman–Crippen LogP) is 3.86. The molecular formula is C25H28N4O2. The van der Waals surface area contributed by atoms with Crippen molar-refractivity contribution < 1.29 is 9.84 Å². The van der Waals surface area contributed by atoms with Gasteiger partial charge in [0.05, 0.1) is 31.1 Å². The van der Waals surface area contributed by atoms with Crippen LogP contribution in [0.5, 0.6) is 5.75 Å². The van der Waals surface area contributed by atoms with Gasteiger partial charge in [-0.3, -0.25) is 9.58 Å². The number of ether oxygens (including phenoxy) is 1. The summed E-state index contributed by atoms with van der Waals surface area (Å²) in [6, 6.07) is 18.9. The third kappa shape index (κ3) is 4.36. The van der Waals surface area contributed by atoms with Gasteiger partial charge in [-0.1, -0.05) is 30.3 Å². The molecule has 1 unspecified atom stereocenters. The van der Waals surface area contributed by atoms with E-state index in [-0.39, 0.29) is 6.61 Å². The minimum Gasteiger partial charge on any atom is -0.487 e. The van der Waals surface area contributed by atoms with E-state index in [1.165, 1.54) is 6.42 Å². The molecule has 0 radical (unpaired) electrons. The molecule has 2 aromatic carbocycles. The van der Waals surface area contributed by atoms with Gasteiger partial charge in [-0.25, -0.2) is 0 Å². The van der Waals surface area contributed by atoms with E-state index in [4.69, 9.17) is 4.74 Å². The van der Waals surface area contributed by atoms with Crippen LogP contribution in [0.4, 0.5) is 0 Å². The van der Waals surface area contributed by atoms with Crippen LogP contribution in [-0.4, -0.2) is 50.1 Å². The molecule has 1 N–H and O–H groups in total. The number of aromatic nitrogens is 3. The van der Waals surface area contributed by atoms with Crippen molar-refractivity contribution in [2.24, 2.45) is 0 Å². The fourth-order valence-corrected chi connectivity index (χ4v) is 4.40. The Morgan fingerprint density at radius 3 is 2.84 bits per heavy atom. The third-order valence-electron chi connectivity index (χ3n) is 6.15. The Bertz CT molecular complexity index is 1130. The highest BCUT2D eigenvalue weighted by molar-refractivity contribution is 5.81. The second-order valence-corrected chi connectivity index (χ2v) is 8.15. The van der Waals surface area contributed by atoms with Crippen molar-refractivity contribution in [3.05, 3.63) is 78.8 Å². The van der Waals surface area contributed by atoms with Gasteiger partial charge in [0, 0.05) is 29.9 Å². The monoisotopic (exact) mass is 416 g/mol. The van der Waals surface area contributed by atoms with E-state index < -0.39 is 0 Å². The molecule has 1 aliphatic rings. The van der Waals surface area contributed by atoms with Crippen molar-refractivity contribution in [3.8, 4) is 11.4 Å². The summed E-state index contributed by atoms with van der Waals surface area (Å²) in [4.78, 5) is 2.37. The lowest BCUT2D eigenvalue weighted by Gasteiger charge is -2.22. The SMILES string of the molecule is OCC1CCCN1CCn1ncc2cc(-n3ccc(OCc4ccccc4)c3)ccc21. The summed E-state index contributed by atoms with van der Waals surface area (Å²) in [6.07, 6.45) is 8.23. The van der Waals surface area contributed by atoms with Crippen LogP contribution in [0.2, 0.25) is 0 Å². The molecule has 6 nitrogen and oxygen atoms in total. The first kappa shape index (κ1) is 19.8. The van der Waals surface area contributed by atoms with Gasteiger partial charge in [0.25, 0.3) is 0 Å². The van der Waals surface area contributed by atoms with Gasteiger partial charge in [0.15, 0.2) is 0 Å². The van der Waals surface area contributed by atoms with Crippen LogP contribution >= 0.6 is 0 Å². The van der Waals surface area contributed by atoms with Gasteiger partial charge >= 0.3 is 0 Å². The molecule has 160 valence electrons. The van der Waals surface area contributed by atoms with E-state index in [1.54, 1.807) is 0 Å². The summed E-state index contributed by atoms with van der Waals surface area (Å²) in [6.45, 7) is 3.63. The first-order chi connectivity index (χ1) is 15.3. The van der Waals surface area contributed by atoms with E-state index in [2.05, 4.69) is 49.6 Å². The maximum atomic E-state index is 9.52. The summed E-state index contributed by atoms with van der Waals surface area (Å²) in [5.41, 5.74) is 3.38. The fraction of sp³-hybridized carbons (Fsp3) is 0.320. The second kappa shape index (κ2) is 8.96. The maximum Gasteiger partial charge on any atom is 0.137 e. The Morgan fingerprint density at radius 1 is 1.06 bits per heavy atom. The highest BCUT2D eigenvalue weighted by atomic mass is 16.5. The van der Waals surface area contributed by atoms with Crippen LogP contribution in [0.25, 0.3) is 16.6 Å². The summed E-state index contributed by atoms with van der Waals surface area (Å²) >= 11 is 0. The van der Waals surface area contributed by atoms with Gasteiger partial charge in [0.2, 0.25) is 0 Å². The van der Waals surface area contributed by atoms with Gasteiger partial charge in [0.1, 0.15) is 12.4 Å². The quantitative estimate of drug-likeness (QED) is 0.474. The second-order valence-electron chi connectivity index (χ2n) is 8.15. The molecule has 0 amide bonds. The lowest BCUT2D eigenvalue weighted by Crippen LogP contribution is -2.34. The number of hydrogen-bond acceptors (Lipinski definition) is 4. The Morgan fingerprint density at radius 2 is 1.97 bits per heavy atom. The first-order valence-corrected chi connectivity index (χ1v) is 11.0. The van der Waals surface area contributed by atoms with Crippen molar-refractivity contribution in [1.29, 1.82) is 0 Å². The molecule has 0 aliphatic carbocycles. The average Bonchev–Trinajstić information content (AvgIpc) is 3.56. The Labute approximate surface area is 182 Å². The van der Waals surface area contributed by atoms with Crippen molar-refractivity contribution in [2.45, 2.75) is 32.0 Å². The highest BCUT2D eigenvalue weighted by Gasteiger charge is 2.23. The number of benzene rings is 2. The largest absolute Gasteiger partial charge is 0.487 e. The molecule has 0 saturated carbocycles. The molecule has 4 aromatic rings. The summed E-state index contributed by atoms with van der Waals surface area (Å²) in [5, 5.41) is 15.2. The van der Waals surface area contributed by atoms with Crippen LogP contribution < -0.4 is 4.74 Å².